The fraction of sp³-hybridized carbons (Fsp3) is 0.529. The van der Waals surface area contributed by atoms with Gasteiger partial charge in [-0.2, -0.15) is 17.0 Å². The number of thioether (sulfide) groups is 1. The lowest BCUT2D eigenvalue weighted by Crippen LogP contribution is -2.38. The van der Waals surface area contributed by atoms with Crippen molar-refractivity contribution in [3.05, 3.63) is 29.8 Å². The van der Waals surface area contributed by atoms with Crippen LogP contribution >= 0.6 is 11.8 Å². The fourth-order valence-electron chi connectivity index (χ4n) is 2.90. The molecule has 1 aliphatic carbocycles. The monoisotopic (exact) mass is 366 g/mol. The molecule has 1 N–H and O–H groups in total. The fourth-order valence-corrected chi connectivity index (χ4v) is 5.14. The van der Waals surface area contributed by atoms with Gasteiger partial charge in [-0.1, -0.05) is 6.42 Å². The van der Waals surface area contributed by atoms with Crippen LogP contribution < -0.4 is 5.32 Å². The van der Waals surface area contributed by atoms with E-state index in [4.69, 9.17) is 5.26 Å². The van der Waals surface area contributed by atoms with Crippen LogP contribution in [-0.2, 0) is 9.84 Å². The predicted molar refractivity (Wildman–Crippen MR) is 95.8 cm³/mol. The third-order valence-corrected chi connectivity index (χ3v) is 7.24. The summed E-state index contributed by atoms with van der Waals surface area (Å²) in [4.78, 5) is 12.5. The molecule has 0 spiro atoms. The number of sulfone groups is 1. The summed E-state index contributed by atoms with van der Waals surface area (Å²) in [7, 11) is -3.40. The molecule has 7 heteroatoms. The summed E-state index contributed by atoms with van der Waals surface area (Å²) >= 11 is 1.78. The molecule has 5 nitrogen and oxygen atoms in total. The molecule has 0 heterocycles. The number of carbonyl (C=O) groups is 1. The van der Waals surface area contributed by atoms with Gasteiger partial charge in [-0.15, -0.1) is 0 Å². The van der Waals surface area contributed by atoms with E-state index in [1.807, 2.05) is 6.07 Å². The van der Waals surface area contributed by atoms with Crippen molar-refractivity contribution in [1.29, 1.82) is 5.26 Å². The van der Waals surface area contributed by atoms with Crippen LogP contribution in [0.2, 0.25) is 0 Å². The highest BCUT2D eigenvalue weighted by molar-refractivity contribution is 7.99. The third kappa shape index (κ3) is 4.74. The van der Waals surface area contributed by atoms with Crippen LogP contribution in [0.4, 0.5) is 0 Å². The molecular formula is C17H22N2O3S2. The second-order valence-electron chi connectivity index (χ2n) is 5.89. The van der Waals surface area contributed by atoms with Gasteiger partial charge in [-0.3, -0.25) is 4.79 Å². The summed E-state index contributed by atoms with van der Waals surface area (Å²) in [5.74, 6) is -0.210. The highest BCUT2D eigenvalue weighted by Crippen LogP contribution is 2.28. The Kier molecular flexibility index (Phi) is 6.69. The van der Waals surface area contributed by atoms with Crippen molar-refractivity contribution in [3.63, 3.8) is 0 Å². The molecule has 0 saturated heterocycles. The number of hydrogen-bond acceptors (Lipinski definition) is 5. The van der Waals surface area contributed by atoms with Crippen LogP contribution in [0.25, 0.3) is 0 Å². The number of benzene rings is 1. The molecule has 1 fully saturated rings. The molecule has 0 radical (unpaired) electrons. The Labute approximate surface area is 147 Å². The van der Waals surface area contributed by atoms with Gasteiger partial charge in [0.15, 0.2) is 9.84 Å². The van der Waals surface area contributed by atoms with Crippen molar-refractivity contribution < 1.29 is 13.2 Å². The number of amides is 1. The second-order valence-corrected chi connectivity index (χ2v) is 9.08. The van der Waals surface area contributed by atoms with Gasteiger partial charge in [0.05, 0.1) is 16.7 Å². The van der Waals surface area contributed by atoms with Crippen LogP contribution in [0.1, 0.15) is 42.5 Å². The summed E-state index contributed by atoms with van der Waals surface area (Å²) in [6.07, 6.45) is 5.82. The zero-order chi connectivity index (χ0) is 17.6. The minimum absolute atomic E-state index is 0.0520. The van der Waals surface area contributed by atoms with E-state index in [-0.39, 0.29) is 29.0 Å². The van der Waals surface area contributed by atoms with Crippen molar-refractivity contribution in [2.24, 2.45) is 0 Å². The standard InChI is InChI=1S/C17H22N2O3S2/c1-23-16-6-4-5-15(16)19-17(20)13-7-9-14(10-8-13)24(21,22)12-3-2-11-18/h7-10,15-16H,2-6,12H2,1H3,(H,19,20)/t15-,16+/m1/s1. The first-order valence-electron chi connectivity index (χ1n) is 8.01. The predicted octanol–water partition coefficient (Wildman–Crippen LogP) is 2.78. The molecule has 130 valence electrons. The van der Waals surface area contributed by atoms with Crippen LogP contribution in [-0.4, -0.2) is 37.6 Å². The molecule has 0 bridgehead atoms. The van der Waals surface area contributed by atoms with Gasteiger partial charge in [0, 0.05) is 23.3 Å². The highest BCUT2D eigenvalue weighted by atomic mass is 32.2. The molecule has 24 heavy (non-hydrogen) atoms. The maximum Gasteiger partial charge on any atom is 0.251 e. The molecule has 0 aliphatic heterocycles. The van der Waals surface area contributed by atoms with Crippen molar-refractivity contribution in [1.82, 2.24) is 5.32 Å². The Morgan fingerprint density at radius 1 is 1.33 bits per heavy atom. The highest BCUT2D eigenvalue weighted by Gasteiger charge is 2.28. The second kappa shape index (κ2) is 8.54. The van der Waals surface area contributed by atoms with Crippen LogP contribution in [0, 0.1) is 11.3 Å². The Hall–Kier alpha value is -1.52. The molecule has 1 aromatic rings. The van der Waals surface area contributed by atoms with E-state index in [0.29, 0.717) is 17.2 Å². The lowest BCUT2D eigenvalue weighted by molar-refractivity contribution is 0.0938. The van der Waals surface area contributed by atoms with E-state index in [1.54, 1.807) is 23.9 Å². The Balaban J connectivity index is 2.01. The van der Waals surface area contributed by atoms with Crippen molar-refractivity contribution in [2.45, 2.75) is 48.3 Å². The van der Waals surface area contributed by atoms with Gasteiger partial charge in [-0.25, -0.2) is 8.42 Å². The van der Waals surface area contributed by atoms with E-state index >= 15 is 0 Å². The van der Waals surface area contributed by atoms with Crippen molar-refractivity contribution in [2.75, 3.05) is 12.0 Å². The van der Waals surface area contributed by atoms with Crippen LogP contribution in [0.5, 0.6) is 0 Å². The molecule has 1 saturated carbocycles. The Morgan fingerprint density at radius 2 is 2.04 bits per heavy atom. The summed E-state index contributed by atoms with van der Waals surface area (Å²) in [6, 6.07) is 8.16. The molecule has 2 rings (SSSR count). The average Bonchev–Trinajstić information content (AvgIpc) is 3.02. The van der Waals surface area contributed by atoms with Gasteiger partial charge in [-0.05, 0) is 49.8 Å². The Bertz CT molecular complexity index is 708. The summed E-state index contributed by atoms with van der Waals surface area (Å²) in [5.41, 5.74) is 0.470. The topological polar surface area (TPSA) is 87.0 Å². The summed E-state index contributed by atoms with van der Waals surface area (Å²) in [5, 5.41) is 12.0. The van der Waals surface area contributed by atoms with E-state index in [1.165, 1.54) is 12.1 Å². The number of carbonyl (C=O) groups excluding carboxylic acids is 1. The molecule has 0 unspecified atom stereocenters. The summed E-state index contributed by atoms with van der Waals surface area (Å²) in [6.45, 7) is 0. The van der Waals surface area contributed by atoms with E-state index < -0.39 is 9.84 Å². The van der Waals surface area contributed by atoms with Crippen LogP contribution in [0.15, 0.2) is 29.2 Å². The van der Waals surface area contributed by atoms with E-state index in [0.717, 1.165) is 19.3 Å². The maximum atomic E-state index is 12.3. The van der Waals surface area contributed by atoms with Crippen LogP contribution in [0.3, 0.4) is 0 Å². The van der Waals surface area contributed by atoms with Gasteiger partial charge < -0.3 is 5.32 Å². The van der Waals surface area contributed by atoms with Gasteiger partial charge in [0.1, 0.15) is 0 Å². The van der Waals surface area contributed by atoms with Crippen molar-refractivity contribution in [3.8, 4) is 6.07 Å². The zero-order valence-corrected chi connectivity index (χ0v) is 15.3. The molecular weight excluding hydrogens is 344 g/mol. The minimum Gasteiger partial charge on any atom is -0.348 e. The lowest BCUT2D eigenvalue weighted by Gasteiger charge is -2.19. The minimum atomic E-state index is -3.40. The Morgan fingerprint density at radius 3 is 2.67 bits per heavy atom. The summed E-state index contributed by atoms with van der Waals surface area (Å²) < 4.78 is 24.3. The van der Waals surface area contributed by atoms with E-state index in [9.17, 15) is 13.2 Å². The zero-order valence-electron chi connectivity index (χ0n) is 13.7. The SMILES string of the molecule is CS[C@H]1CCC[C@H]1NC(=O)c1ccc(S(=O)(=O)CCCC#N)cc1. The maximum absolute atomic E-state index is 12.3. The molecule has 1 amide bonds. The number of hydrogen-bond donors (Lipinski definition) is 1. The van der Waals surface area contributed by atoms with Crippen molar-refractivity contribution >= 4 is 27.5 Å². The first-order chi connectivity index (χ1) is 11.5. The number of rotatable bonds is 7. The molecule has 1 aliphatic rings. The lowest BCUT2D eigenvalue weighted by atomic mass is 10.2. The normalized spacial score (nSPS) is 20.5. The molecule has 2 atom stereocenters. The van der Waals surface area contributed by atoms with Gasteiger partial charge in [0.25, 0.3) is 5.91 Å². The average molecular weight is 367 g/mol. The number of unbranched alkanes of at least 4 members (excludes halogenated alkanes) is 1. The molecule has 0 aromatic heterocycles. The first-order valence-corrected chi connectivity index (χ1v) is 11.0. The van der Waals surface area contributed by atoms with Gasteiger partial charge >= 0.3 is 0 Å². The van der Waals surface area contributed by atoms with E-state index in [2.05, 4.69) is 11.6 Å². The first kappa shape index (κ1) is 18.8. The number of nitrogens with one attached hydrogen (secondary N) is 1. The quantitative estimate of drug-likeness (QED) is 0.750. The largest absolute Gasteiger partial charge is 0.348 e. The number of nitrogens with zero attached hydrogens (tertiary/aromatic N) is 1. The van der Waals surface area contributed by atoms with Gasteiger partial charge in [0.2, 0.25) is 0 Å². The number of nitriles is 1. The molecule has 1 aromatic carbocycles. The smallest absolute Gasteiger partial charge is 0.251 e. The third-order valence-electron chi connectivity index (χ3n) is 4.25.